The Balaban J connectivity index is 1.60. The van der Waals surface area contributed by atoms with Crippen molar-refractivity contribution in [3.8, 4) is 28.0 Å². The number of aryl methyl sites for hydroxylation is 1. The van der Waals surface area contributed by atoms with E-state index in [9.17, 15) is 43.9 Å². The van der Waals surface area contributed by atoms with Crippen LogP contribution < -0.4 is 4.74 Å². The minimum atomic E-state index is -5.35. The van der Waals surface area contributed by atoms with E-state index in [4.69, 9.17) is 0 Å². The molecule has 0 aliphatic rings. The van der Waals surface area contributed by atoms with Crippen molar-refractivity contribution in [1.82, 2.24) is 0 Å². The van der Waals surface area contributed by atoms with E-state index in [1.807, 2.05) is 6.92 Å². The number of rotatable bonds is 7. The Labute approximate surface area is 221 Å². The Hall–Kier alpha value is -4.02. The van der Waals surface area contributed by atoms with E-state index in [0.717, 1.165) is 36.6 Å². The molecule has 0 radical (unpaired) electrons. The highest BCUT2D eigenvalue weighted by molar-refractivity contribution is 5.66. The highest BCUT2D eigenvalue weighted by atomic mass is 19.4. The van der Waals surface area contributed by atoms with Gasteiger partial charge in [0.25, 0.3) is 0 Å². The van der Waals surface area contributed by atoms with Crippen LogP contribution in [0.3, 0.4) is 0 Å². The summed E-state index contributed by atoms with van der Waals surface area (Å²) in [5, 5.41) is 0. The summed E-state index contributed by atoms with van der Waals surface area (Å²) < 4.78 is 144. The summed E-state index contributed by atoms with van der Waals surface area (Å²) in [7, 11) is 0. The number of halogens is 10. The molecule has 1 nitrogen and oxygen atoms in total. The lowest BCUT2D eigenvalue weighted by Crippen LogP contribution is -2.24. The average Bonchev–Trinajstić information content (AvgIpc) is 2.85. The zero-order valence-electron chi connectivity index (χ0n) is 20.5. The van der Waals surface area contributed by atoms with Gasteiger partial charge in [-0.3, -0.25) is 0 Å². The molecule has 0 unspecified atom stereocenters. The summed E-state index contributed by atoms with van der Waals surface area (Å²) in [6, 6.07) is 10.3. The molecule has 0 amide bonds. The van der Waals surface area contributed by atoms with Gasteiger partial charge in [-0.2, -0.15) is 22.0 Å². The van der Waals surface area contributed by atoms with Gasteiger partial charge in [0.2, 0.25) is 0 Å². The van der Waals surface area contributed by atoms with E-state index in [-0.39, 0.29) is 23.3 Å². The van der Waals surface area contributed by atoms with Crippen molar-refractivity contribution >= 4 is 0 Å². The molecule has 0 aromatic heterocycles. The topological polar surface area (TPSA) is 9.23 Å². The van der Waals surface area contributed by atoms with Gasteiger partial charge in [0.1, 0.15) is 34.3 Å². The Kier molecular flexibility index (Phi) is 7.87. The minimum absolute atomic E-state index is 0.233. The van der Waals surface area contributed by atoms with Gasteiger partial charge in [-0.25, -0.2) is 22.0 Å². The molecule has 0 heterocycles. The summed E-state index contributed by atoms with van der Waals surface area (Å²) in [6.07, 6.45) is -8.21. The van der Waals surface area contributed by atoms with Crippen molar-refractivity contribution in [3.63, 3.8) is 0 Å². The Morgan fingerprint density at radius 1 is 0.625 bits per heavy atom. The van der Waals surface area contributed by atoms with Gasteiger partial charge in [-0.05, 0) is 53.4 Å². The van der Waals surface area contributed by atoms with Crippen LogP contribution >= 0.6 is 0 Å². The first-order valence-electron chi connectivity index (χ1n) is 11.7. The fourth-order valence-corrected chi connectivity index (χ4v) is 4.13. The fourth-order valence-electron chi connectivity index (χ4n) is 4.13. The molecule has 4 aromatic rings. The first-order chi connectivity index (χ1) is 18.7. The van der Waals surface area contributed by atoms with Crippen LogP contribution in [0.15, 0.2) is 66.7 Å². The molecule has 0 spiro atoms. The standard InChI is InChI=1S/C29H18F10O/c1-2-3-15-4-6-16(7-5-15)20-10-11-21(27(34)26(20)33)29(38,39)40-18-8-9-19(22(30)14-18)17-12-23(31)25(24(32)13-17)28(35,36)37/h4-14H,2-3H2,1H3. The summed E-state index contributed by atoms with van der Waals surface area (Å²) in [6.45, 7) is 1.97. The maximum Gasteiger partial charge on any atom is 0.429 e. The number of alkyl halides is 5. The van der Waals surface area contributed by atoms with Crippen molar-refractivity contribution < 1.29 is 48.6 Å². The normalized spacial score (nSPS) is 12.1. The van der Waals surface area contributed by atoms with Crippen LogP contribution in [0, 0.1) is 29.1 Å². The van der Waals surface area contributed by atoms with Crippen LogP contribution in [-0.4, -0.2) is 0 Å². The molecule has 4 aromatic carbocycles. The lowest BCUT2D eigenvalue weighted by Gasteiger charge is -2.20. The minimum Gasteiger partial charge on any atom is -0.429 e. The van der Waals surface area contributed by atoms with Crippen molar-refractivity contribution in [1.29, 1.82) is 0 Å². The van der Waals surface area contributed by atoms with Crippen LogP contribution in [0.1, 0.15) is 30.0 Å². The number of hydrogen-bond donors (Lipinski definition) is 0. The van der Waals surface area contributed by atoms with Crippen molar-refractivity contribution in [2.45, 2.75) is 32.1 Å². The number of hydrogen-bond acceptors (Lipinski definition) is 1. The zero-order chi connectivity index (χ0) is 29.4. The third-order valence-electron chi connectivity index (χ3n) is 6.02. The maximum atomic E-state index is 14.8. The number of ether oxygens (including phenoxy) is 1. The molecule has 0 N–H and O–H groups in total. The van der Waals surface area contributed by atoms with E-state index >= 15 is 0 Å². The SMILES string of the molecule is CCCc1ccc(-c2ccc(C(F)(F)Oc3ccc(-c4cc(F)c(C(F)(F)F)c(F)c4)c(F)c3)c(F)c2F)cc1. The van der Waals surface area contributed by atoms with Gasteiger partial charge in [0.05, 0.1) is 0 Å². The largest absolute Gasteiger partial charge is 0.429 e. The van der Waals surface area contributed by atoms with Crippen LogP contribution in [0.2, 0.25) is 0 Å². The first kappa shape index (κ1) is 29.0. The highest BCUT2D eigenvalue weighted by Crippen LogP contribution is 2.39. The van der Waals surface area contributed by atoms with Crippen LogP contribution in [0.25, 0.3) is 22.3 Å². The Morgan fingerprint density at radius 3 is 1.77 bits per heavy atom. The van der Waals surface area contributed by atoms with Gasteiger partial charge in [0, 0.05) is 17.2 Å². The molecule has 0 atom stereocenters. The predicted octanol–water partition coefficient (Wildman–Crippen LogP) is 9.82. The van der Waals surface area contributed by atoms with Gasteiger partial charge in [-0.1, -0.05) is 43.7 Å². The quantitative estimate of drug-likeness (QED) is 0.200. The molecule has 0 aliphatic heterocycles. The summed E-state index contributed by atoms with van der Waals surface area (Å²) in [4.78, 5) is 0. The molecule has 40 heavy (non-hydrogen) atoms. The smallest absolute Gasteiger partial charge is 0.429 e. The first-order valence-corrected chi connectivity index (χ1v) is 11.7. The predicted molar refractivity (Wildman–Crippen MR) is 127 cm³/mol. The third-order valence-corrected chi connectivity index (χ3v) is 6.02. The van der Waals surface area contributed by atoms with E-state index in [0.29, 0.717) is 12.1 Å². The lowest BCUT2D eigenvalue weighted by molar-refractivity contribution is -0.187. The van der Waals surface area contributed by atoms with E-state index in [2.05, 4.69) is 4.74 Å². The van der Waals surface area contributed by atoms with Crippen molar-refractivity contribution in [3.05, 3.63) is 113 Å². The van der Waals surface area contributed by atoms with Gasteiger partial charge >= 0.3 is 12.3 Å². The van der Waals surface area contributed by atoms with Crippen molar-refractivity contribution in [2.24, 2.45) is 0 Å². The summed E-state index contributed by atoms with van der Waals surface area (Å²) >= 11 is 0. The molecule has 0 aliphatic carbocycles. The fraction of sp³-hybridized carbons (Fsp3) is 0.172. The van der Waals surface area contributed by atoms with E-state index < -0.39 is 69.4 Å². The van der Waals surface area contributed by atoms with Crippen LogP contribution in [0.5, 0.6) is 5.75 Å². The molecule has 11 heteroatoms. The van der Waals surface area contributed by atoms with Crippen LogP contribution in [-0.2, 0) is 18.7 Å². The van der Waals surface area contributed by atoms with E-state index in [1.54, 1.807) is 12.1 Å². The average molecular weight is 572 g/mol. The summed E-state index contributed by atoms with van der Waals surface area (Å²) in [5.41, 5.74) is -4.00. The Bertz CT molecular complexity index is 1520. The summed E-state index contributed by atoms with van der Waals surface area (Å²) in [5.74, 6) is -9.74. The molecular formula is C29H18F10O. The second-order valence-electron chi connectivity index (χ2n) is 8.81. The van der Waals surface area contributed by atoms with Crippen molar-refractivity contribution in [2.75, 3.05) is 0 Å². The lowest BCUT2D eigenvalue weighted by atomic mass is 10.00. The maximum absolute atomic E-state index is 14.8. The molecule has 0 saturated heterocycles. The second kappa shape index (κ2) is 10.9. The monoisotopic (exact) mass is 572 g/mol. The van der Waals surface area contributed by atoms with E-state index in [1.165, 1.54) is 12.1 Å². The molecule has 4 rings (SSSR count). The van der Waals surface area contributed by atoms with Gasteiger partial charge in [-0.15, -0.1) is 0 Å². The number of benzene rings is 4. The Morgan fingerprint density at radius 2 is 1.23 bits per heavy atom. The van der Waals surface area contributed by atoms with Gasteiger partial charge < -0.3 is 4.74 Å². The van der Waals surface area contributed by atoms with Crippen LogP contribution in [0.4, 0.5) is 43.9 Å². The third kappa shape index (κ3) is 5.78. The highest BCUT2D eigenvalue weighted by Gasteiger charge is 2.40. The molecule has 0 bridgehead atoms. The molecule has 0 fully saturated rings. The van der Waals surface area contributed by atoms with Gasteiger partial charge in [0.15, 0.2) is 11.6 Å². The zero-order valence-corrected chi connectivity index (χ0v) is 20.5. The molecule has 0 saturated carbocycles. The molecular weight excluding hydrogens is 554 g/mol. The molecule has 210 valence electrons. The second-order valence-corrected chi connectivity index (χ2v) is 8.81.